The molecule has 2 saturated heterocycles. The van der Waals surface area contributed by atoms with Gasteiger partial charge in [-0.05, 0) is 19.3 Å². The van der Waals surface area contributed by atoms with Crippen molar-refractivity contribution in [2.45, 2.75) is 29.7 Å². The number of aliphatic imine (C=N–C) groups is 1. The molecule has 7 nitrogen and oxygen atoms in total. The highest BCUT2D eigenvalue weighted by atomic mass is 127. The number of piperazine rings is 1. The molecule has 0 aromatic carbocycles. The van der Waals surface area contributed by atoms with Crippen molar-refractivity contribution in [3.05, 3.63) is 11.6 Å². The average molecular weight is 525 g/mol. The third kappa shape index (κ3) is 6.75. The van der Waals surface area contributed by atoms with Gasteiger partial charge in [-0.3, -0.25) is 9.79 Å². The van der Waals surface area contributed by atoms with Gasteiger partial charge in [0.2, 0.25) is 0 Å². The zero-order valence-corrected chi connectivity index (χ0v) is 19.6. The first kappa shape index (κ1) is 22.7. The van der Waals surface area contributed by atoms with Crippen molar-refractivity contribution >= 4 is 58.9 Å². The Morgan fingerprint density at radius 2 is 2.19 bits per heavy atom. The number of aromatic nitrogens is 1. The van der Waals surface area contributed by atoms with Crippen molar-refractivity contribution in [2.24, 2.45) is 4.99 Å². The van der Waals surface area contributed by atoms with Crippen LogP contribution in [-0.4, -0.2) is 84.9 Å². The Morgan fingerprint density at radius 3 is 2.81 bits per heavy atom. The fourth-order valence-electron chi connectivity index (χ4n) is 3.16. The van der Waals surface area contributed by atoms with E-state index in [1.165, 1.54) is 0 Å². The summed E-state index contributed by atoms with van der Waals surface area (Å²) in [7, 11) is 1.82. The van der Waals surface area contributed by atoms with Crippen molar-refractivity contribution in [3.63, 3.8) is 0 Å². The summed E-state index contributed by atoms with van der Waals surface area (Å²) >= 11 is 3.48. The van der Waals surface area contributed by atoms with E-state index in [9.17, 15) is 4.79 Å². The first-order chi connectivity index (χ1) is 12.8. The number of carbonyl (C=O) groups excluding carboxylic acids is 1. The monoisotopic (exact) mass is 525 g/mol. The lowest BCUT2D eigenvalue weighted by molar-refractivity contribution is -0.142. The Hall–Kier alpha value is -0.590. The Morgan fingerprint density at radius 1 is 1.41 bits per heavy atom. The molecule has 3 heterocycles. The van der Waals surface area contributed by atoms with Crippen LogP contribution in [-0.2, 0) is 9.53 Å². The van der Waals surface area contributed by atoms with E-state index in [1.54, 1.807) is 23.1 Å². The molecule has 3 rings (SSSR count). The van der Waals surface area contributed by atoms with E-state index in [0.717, 1.165) is 68.0 Å². The van der Waals surface area contributed by atoms with Crippen LogP contribution in [0.2, 0.25) is 0 Å². The summed E-state index contributed by atoms with van der Waals surface area (Å²) in [6.45, 7) is 4.70. The van der Waals surface area contributed by atoms with E-state index in [4.69, 9.17) is 4.74 Å². The van der Waals surface area contributed by atoms with Gasteiger partial charge in [0.1, 0.15) is 10.4 Å². The normalized spacial score (nSPS) is 20.5. The van der Waals surface area contributed by atoms with Crippen LogP contribution in [0.25, 0.3) is 0 Å². The highest BCUT2D eigenvalue weighted by molar-refractivity contribution is 14.0. The van der Waals surface area contributed by atoms with Gasteiger partial charge in [-0.15, -0.1) is 35.3 Å². The van der Waals surface area contributed by atoms with Gasteiger partial charge in [0.25, 0.3) is 5.91 Å². The largest absolute Gasteiger partial charge is 0.368 e. The third-order valence-corrected chi connectivity index (χ3v) is 6.60. The summed E-state index contributed by atoms with van der Waals surface area (Å²) in [6.07, 6.45) is 4.54. The Balaban J connectivity index is 0.00000261. The molecule has 1 unspecified atom stereocenters. The molecule has 1 amide bonds. The standard InChI is InChI=1S/C17H27N5O2S2.HI/c1-18-16(19-5-3-12-25-17-20-6-13-26-17)22-9-7-21(8-10-22)15(23)14-4-2-11-24-14;/h6,13-14H,2-5,7-12H2,1H3,(H,18,19);1H. The quantitative estimate of drug-likeness (QED) is 0.202. The summed E-state index contributed by atoms with van der Waals surface area (Å²) in [5.41, 5.74) is 0. The summed E-state index contributed by atoms with van der Waals surface area (Å²) in [4.78, 5) is 25.3. The van der Waals surface area contributed by atoms with Crippen LogP contribution in [0.3, 0.4) is 0 Å². The van der Waals surface area contributed by atoms with Crippen LogP contribution in [0.15, 0.2) is 20.9 Å². The molecule has 1 N–H and O–H groups in total. The fourth-order valence-corrected chi connectivity index (χ4v) is 4.81. The third-order valence-electron chi connectivity index (χ3n) is 4.55. The highest BCUT2D eigenvalue weighted by Gasteiger charge is 2.30. The molecular formula is C17H28IN5O2S2. The molecule has 0 aliphatic carbocycles. The number of nitrogens with zero attached hydrogens (tertiary/aromatic N) is 4. The summed E-state index contributed by atoms with van der Waals surface area (Å²) < 4.78 is 6.65. The number of amides is 1. The molecule has 10 heteroatoms. The number of rotatable bonds is 6. The van der Waals surface area contributed by atoms with Crippen molar-refractivity contribution < 1.29 is 9.53 Å². The van der Waals surface area contributed by atoms with E-state index >= 15 is 0 Å². The van der Waals surface area contributed by atoms with E-state index in [1.807, 2.05) is 23.5 Å². The molecule has 0 saturated carbocycles. The number of ether oxygens (including phenoxy) is 1. The zero-order valence-electron chi connectivity index (χ0n) is 15.6. The second kappa shape index (κ2) is 12.1. The lowest BCUT2D eigenvalue weighted by Crippen LogP contribution is -2.55. The fraction of sp³-hybridized carbons (Fsp3) is 0.706. The van der Waals surface area contributed by atoms with Crippen molar-refractivity contribution in [2.75, 3.05) is 52.1 Å². The molecule has 2 aliphatic rings. The number of nitrogens with one attached hydrogen (secondary N) is 1. The average Bonchev–Trinajstić information content (AvgIpc) is 3.38. The van der Waals surface area contributed by atoms with Gasteiger partial charge >= 0.3 is 0 Å². The Labute approximate surface area is 186 Å². The lowest BCUT2D eigenvalue weighted by atomic mass is 10.2. The van der Waals surface area contributed by atoms with Crippen molar-refractivity contribution in [1.29, 1.82) is 0 Å². The molecule has 152 valence electrons. The summed E-state index contributed by atoms with van der Waals surface area (Å²) in [6, 6.07) is 0. The smallest absolute Gasteiger partial charge is 0.251 e. The SMILES string of the molecule is CN=C(NCCCSc1nccs1)N1CCN(C(=O)C2CCCO2)CC1.I. The highest BCUT2D eigenvalue weighted by Crippen LogP contribution is 2.20. The molecular weight excluding hydrogens is 497 g/mol. The van der Waals surface area contributed by atoms with Gasteiger partial charge in [0.05, 0.1) is 0 Å². The molecule has 0 spiro atoms. The van der Waals surface area contributed by atoms with Crippen LogP contribution in [0.4, 0.5) is 0 Å². The molecule has 1 aromatic rings. The van der Waals surface area contributed by atoms with E-state index in [2.05, 4.69) is 20.2 Å². The molecule has 1 aromatic heterocycles. The summed E-state index contributed by atoms with van der Waals surface area (Å²) in [5, 5.41) is 5.44. The molecule has 0 radical (unpaired) electrons. The maximum absolute atomic E-state index is 12.4. The summed E-state index contributed by atoms with van der Waals surface area (Å²) in [5.74, 6) is 2.12. The van der Waals surface area contributed by atoms with Crippen LogP contribution < -0.4 is 5.32 Å². The molecule has 0 bridgehead atoms. The van der Waals surface area contributed by atoms with Gasteiger partial charge in [-0.1, -0.05) is 11.8 Å². The number of hydrogen-bond donors (Lipinski definition) is 1. The minimum absolute atomic E-state index is 0. The maximum Gasteiger partial charge on any atom is 0.251 e. The van der Waals surface area contributed by atoms with Gasteiger partial charge in [-0.25, -0.2) is 4.98 Å². The topological polar surface area (TPSA) is 70.1 Å². The van der Waals surface area contributed by atoms with Gasteiger partial charge in [0.15, 0.2) is 5.96 Å². The van der Waals surface area contributed by atoms with Gasteiger partial charge in [0, 0.05) is 63.7 Å². The van der Waals surface area contributed by atoms with Crippen molar-refractivity contribution in [3.8, 4) is 0 Å². The number of thiazole rings is 1. The second-order valence-corrected chi connectivity index (χ2v) is 8.52. The number of thioether (sulfide) groups is 1. The Kier molecular flexibility index (Phi) is 10.2. The van der Waals surface area contributed by atoms with E-state index < -0.39 is 0 Å². The second-order valence-electron chi connectivity index (χ2n) is 6.29. The van der Waals surface area contributed by atoms with Crippen LogP contribution >= 0.6 is 47.1 Å². The van der Waals surface area contributed by atoms with Crippen molar-refractivity contribution in [1.82, 2.24) is 20.1 Å². The Bertz CT molecular complexity index is 588. The van der Waals surface area contributed by atoms with Crippen LogP contribution in [0, 0.1) is 0 Å². The predicted molar refractivity (Wildman–Crippen MR) is 121 cm³/mol. The first-order valence-corrected chi connectivity index (χ1v) is 11.0. The van der Waals surface area contributed by atoms with Gasteiger partial charge < -0.3 is 19.9 Å². The lowest BCUT2D eigenvalue weighted by Gasteiger charge is -2.37. The first-order valence-electron chi connectivity index (χ1n) is 9.16. The number of carbonyl (C=O) groups is 1. The van der Waals surface area contributed by atoms with E-state index in [-0.39, 0.29) is 36.0 Å². The van der Waals surface area contributed by atoms with Crippen LogP contribution in [0.1, 0.15) is 19.3 Å². The molecule has 2 fully saturated rings. The number of hydrogen-bond acceptors (Lipinski definition) is 6. The predicted octanol–water partition coefficient (Wildman–Crippen LogP) is 2.14. The number of guanidine groups is 1. The van der Waals surface area contributed by atoms with Gasteiger partial charge in [-0.2, -0.15) is 0 Å². The zero-order chi connectivity index (χ0) is 18.2. The number of halogens is 1. The molecule has 1 atom stereocenters. The molecule has 27 heavy (non-hydrogen) atoms. The van der Waals surface area contributed by atoms with Crippen LogP contribution in [0.5, 0.6) is 0 Å². The maximum atomic E-state index is 12.4. The van der Waals surface area contributed by atoms with E-state index in [0.29, 0.717) is 6.61 Å². The minimum atomic E-state index is -0.214. The minimum Gasteiger partial charge on any atom is -0.368 e. The molecule has 2 aliphatic heterocycles.